The van der Waals surface area contributed by atoms with Gasteiger partial charge in [-0.05, 0) is 23.8 Å². The van der Waals surface area contributed by atoms with Crippen molar-refractivity contribution in [2.75, 3.05) is 12.3 Å². The Kier molecular flexibility index (Phi) is 5.28. The summed E-state index contributed by atoms with van der Waals surface area (Å²) in [5, 5.41) is 8.35. The van der Waals surface area contributed by atoms with E-state index in [0.29, 0.717) is 16.9 Å². The average Bonchev–Trinajstić information content (AvgIpc) is 2.69. The number of allylic oxidation sites excluding steroid dienone is 4. The van der Waals surface area contributed by atoms with Crippen LogP contribution in [-0.4, -0.2) is 16.8 Å². The van der Waals surface area contributed by atoms with Crippen LogP contribution in [0.1, 0.15) is 13.3 Å². The molecule has 0 fully saturated rings. The lowest BCUT2D eigenvalue weighted by Crippen LogP contribution is -1.97. The first-order valence-electron chi connectivity index (χ1n) is 4.92. The van der Waals surface area contributed by atoms with E-state index in [1.165, 1.54) is 11.3 Å². The van der Waals surface area contributed by atoms with E-state index in [4.69, 9.17) is 10.5 Å². The maximum absolute atomic E-state index is 5.43. The second-order valence-corrected chi connectivity index (χ2v) is 3.95. The summed E-state index contributed by atoms with van der Waals surface area (Å²) >= 11 is 1.24. The van der Waals surface area contributed by atoms with Crippen molar-refractivity contribution in [2.24, 2.45) is 0 Å². The van der Waals surface area contributed by atoms with E-state index < -0.39 is 0 Å². The van der Waals surface area contributed by atoms with Gasteiger partial charge in [-0.2, -0.15) is 0 Å². The lowest BCUT2D eigenvalue weighted by Gasteiger charge is -2.01. The van der Waals surface area contributed by atoms with Gasteiger partial charge >= 0.3 is 0 Å². The quantitative estimate of drug-likeness (QED) is 0.772. The maximum atomic E-state index is 5.43. The van der Waals surface area contributed by atoms with Crippen molar-refractivity contribution in [2.45, 2.75) is 13.3 Å². The first kappa shape index (κ1) is 12.4. The Morgan fingerprint density at radius 1 is 1.56 bits per heavy atom. The topological polar surface area (TPSA) is 61.0 Å². The molecule has 0 radical (unpaired) electrons. The van der Waals surface area contributed by atoms with Gasteiger partial charge in [0, 0.05) is 6.42 Å². The smallest absolute Gasteiger partial charge is 0.295 e. The minimum absolute atomic E-state index is 0.420. The monoisotopic (exact) mass is 237 g/mol. The molecular formula is C11H15N3OS. The summed E-state index contributed by atoms with van der Waals surface area (Å²) < 4.78 is 5.39. The Bertz CT molecular complexity index is 396. The first-order chi connectivity index (χ1) is 7.76. The third kappa shape index (κ3) is 4.27. The molecule has 0 aliphatic rings. The second-order valence-electron chi connectivity index (χ2n) is 2.98. The molecule has 4 nitrogen and oxygen atoms in total. The largest absolute Gasteiger partial charge is 0.469 e. The molecule has 0 unspecified atom stereocenters. The predicted molar refractivity (Wildman–Crippen MR) is 67.5 cm³/mol. The molecule has 16 heavy (non-hydrogen) atoms. The van der Waals surface area contributed by atoms with Gasteiger partial charge in [0.1, 0.15) is 0 Å². The summed E-state index contributed by atoms with van der Waals surface area (Å²) in [6, 6.07) is 0. The van der Waals surface area contributed by atoms with Crippen LogP contribution in [0, 0.1) is 0 Å². The highest BCUT2D eigenvalue weighted by Gasteiger charge is 2.01. The number of rotatable bonds is 6. The minimum atomic E-state index is 0.420. The van der Waals surface area contributed by atoms with Crippen LogP contribution in [0.15, 0.2) is 36.5 Å². The van der Waals surface area contributed by atoms with Gasteiger partial charge in [-0.3, -0.25) is 0 Å². The van der Waals surface area contributed by atoms with Gasteiger partial charge in [0.15, 0.2) is 0 Å². The Balaban J connectivity index is 2.36. The van der Waals surface area contributed by atoms with Crippen molar-refractivity contribution in [1.29, 1.82) is 0 Å². The fourth-order valence-corrected chi connectivity index (χ4v) is 1.49. The summed E-state index contributed by atoms with van der Waals surface area (Å²) in [6.07, 6.45) is 8.55. The number of nitrogens with zero attached hydrogens (tertiary/aromatic N) is 2. The van der Waals surface area contributed by atoms with Crippen LogP contribution in [0.3, 0.4) is 0 Å². The fourth-order valence-electron chi connectivity index (χ4n) is 1.01. The van der Waals surface area contributed by atoms with Gasteiger partial charge in [0.2, 0.25) is 5.13 Å². The Morgan fingerprint density at radius 3 is 2.94 bits per heavy atom. The third-order valence-corrected chi connectivity index (χ3v) is 2.47. The van der Waals surface area contributed by atoms with E-state index in [0.717, 1.165) is 12.0 Å². The molecule has 0 atom stereocenters. The molecule has 0 amide bonds. The molecule has 0 aliphatic carbocycles. The minimum Gasteiger partial charge on any atom is -0.469 e. The normalized spacial score (nSPS) is 11.9. The zero-order valence-corrected chi connectivity index (χ0v) is 10.0. The van der Waals surface area contributed by atoms with E-state index >= 15 is 0 Å². The molecule has 0 aliphatic heterocycles. The van der Waals surface area contributed by atoms with Crippen molar-refractivity contribution in [3.8, 4) is 5.19 Å². The Morgan fingerprint density at radius 2 is 2.38 bits per heavy atom. The van der Waals surface area contributed by atoms with Crippen molar-refractivity contribution in [1.82, 2.24) is 10.2 Å². The van der Waals surface area contributed by atoms with Crippen LogP contribution >= 0.6 is 11.3 Å². The molecule has 0 saturated carbocycles. The number of hydrogen-bond donors (Lipinski definition) is 1. The standard InChI is InChI=1S/C11H15N3OS/c1-3-5-6-9(4-2)7-8-15-11-14-13-10(12)16-11/h3-6H,2,7-8H2,1H3,(H2,12,13)/b5-3-,9-6-. The summed E-state index contributed by atoms with van der Waals surface area (Å²) in [5.74, 6) is 0. The van der Waals surface area contributed by atoms with Crippen LogP contribution in [0.4, 0.5) is 5.13 Å². The van der Waals surface area contributed by atoms with Crippen LogP contribution in [-0.2, 0) is 0 Å². The molecule has 0 saturated heterocycles. The van der Waals surface area contributed by atoms with Crippen LogP contribution in [0.25, 0.3) is 0 Å². The molecule has 86 valence electrons. The van der Waals surface area contributed by atoms with Crippen molar-refractivity contribution >= 4 is 16.5 Å². The number of aromatic nitrogens is 2. The second kappa shape index (κ2) is 6.79. The highest BCUT2D eigenvalue weighted by molar-refractivity contribution is 7.16. The summed E-state index contributed by atoms with van der Waals surface area (Å²) in [7, 11) is 0. The van der Waals surface area contributed by atoms with E-state index in [1.807, 2.05) is 31.2 Å². The van der Waals surface area contributed by atoms with Crippen molar-refractivity contribution < 1.29 is 4.74 Å². The van der Waals surface area contributed by atoms with Crippen LogP contribution in [0.2, 0.25) is 0 Å². The van der Waals surface area contributed by atoms with E-state index in [1.54, 1.807) is 0 Å². The molecule has 0 bridgehead atoms. The van der Waals surface area contributed by atoms with E-state index in [9.17, 15) is 0 Å². The molecule has 1 heterocycles. The Labute approximate surface area is 99.1 Å². The third-order valence-electron chi connectivity index (χ3n) is 1.80. The Hall–Kier alpha value is -1.62. The number of nitrogen functional groups attached to an aromatic ring is 1. The van der Waals surface area contributed by atoms with Crippen LogP contribution < -0.4 is 10.5 Å². The molecule has 5 heteroatoms. The molecule has 1 aromatic rings. The molecule has 1 rings (SSSR count). The number of ether oxygens (including phenoxy) is 1. The summed E-state index contributed by atoms with van der Waals surface area (Å²) in [4.78, 5) is 0. The van der Waals surface area contributed by atoms with Crippen molar-refractivity contribution in [3.63, 3.8) is 0 Å². The van der Waals surface area contributed by atoms with E-state index in [-0.39, 0.29) is 0 Å². The lowest BCUT2D eigenvalue weighted by atomic mass is 10.2. The number of hydrogen-bond acceptors (Lipinski definition) is 5. The zero-order valence-electron chi connectivity index (χ0n) is 9.22. The average molecular weight is 237 g/mol. The van der Waals surface area contributed by atoms with Gasteiger partial charge in [-0.1, -0.05) is 36.0 Å². The molecule has 1 aromatic heterocycles. The highest BCUT2D eigenvalue weighted by atomic mass is 32.1. The van der Waals surface area contributed by atoms with Gasteiger partial charge in [0.25, 0.3) is 5.19 Å². The molecule has 2 N–H and O–H groups in total. The summed E-state index contributed by atoms with van der Waals surface area (Å²) in [5.41, 5.74) is 6.55. The van der Waals surface area contributed by atoms with E-state index in [2.05, 4.69) is 16.8 Å². The first-order valence-corrected chi connectivity index (χ1v) is 5.74. The SMILES string of the molecule is C=C/C(=C/C=C\C)CCOc1nnc(N)s1. The number of anilines is 1. The molecule has 0 aromatic carbocycles. The fraction of sp³-hybridized carbons (Fsp3) is 0.273. The number of nitrogens with two attached hydrogens (primary N) is 1. The van der Waals surface area contributed by atoms with Gasteiger partial charge in [0.05, 0.1) is 6.61 Å². The maximum Gasteiger partial charge on any atom is 0.295 e. The van der Waals surface area contributed by atoms with Gasteiger partial charge in [-0.25, -0.2) is 0 Å². The molecule has 0 spiro atoms. The highest BCUT2D eigenvalue weighted by Crippen LogP contribution is 2.19. The van der Waals surface area contributed by atoms with Gasteiger partial charge < -0.3 is 10.5 Å². The zero-order chi connectivity index (χ0) is 11.8. The predicted octanol–water partition coefficient (Wildman–Crippen LogP) is 2.58. The lowest BCUT2D eigenvalue weighted by molar-refractivity contribution is 0.318. The molecular weight excluding hydrogens is 222 g/mol. The van der Waals surface area contributed by atoms with Crippen LogP contribution in [0.5, 0.6) is 5.19 Å². The van der Waals surface area contributed by atoms with Crippen molar-refractivity contribution in [3.05, 3.63) is 36.5 Å². The summed E-state index contributed by atoms with van der Waals surface area (Å²) in [6.45, 7) is 6.26. The van der Waals surface area contributed by atoms with Gasteiger partial charge in [-0.15, -0.1) is 5.10 Å².